The van der Waals surface area contributed by atoms with E-state index in [-0.39, 0.29) is 11.8 Å². The van der Waals surface area contributed by atoms with Crippen molar-refractivity contribution in [2.24, 2.45) is 0 Å². The molecule has 0 aliphatic heterocycles. The molecule has 2 aromatic rings. The van der Waals surface area contributed by atoms with E-state index in [1.807, 2.05) is 6.07 Å². The molecule has 0 fully saturated rings. The first-order valence-corrected chi connectivity index (χ1v) is 6.70. The fourth-order valence-corrected chi connectivity index (χ4v) is 2.62. The Labute approximate surface area is 119 Å². The molecule has 1 aromatic heterocycles. The lowest BCUT2D eigenvalue weighted by atomic mass is 9.93. The Balaban J connectivity index is 1.76. The van der Waals surface area contributed by atoms with Gasteiger partial charge in [0.05, 0.1) is 12.3 Å². The molecule has 112 valence electrons. The highest BCUT2D eigenvalue weighted by molar-refractivity contribution is 5.50. The summed E-state index contributed by atoms with van der Waals surface area (Å²) in [7, 11) is 0. The molecule has 0 amide bonds. The van der Waals surface area contributed by atoms with Gasteiger partial charge in [-0.25, -0.2) is 0 Å². The predicted molar refractivity (Wildman–Crippen MR) is 71.1 cm³/mol. The highest BCUT2D eigenvalue weighted by Crippen LogP contribution is 2.34. The number of fused-ring (bicyclic) bond motifs is 1. The van der Waals surface area contributed by atoms with E-state index in [1.54, 1.807) is 12.3 Å². The number of nitrogens with one attached hydrogen (secondary N) is 1. The number of anilines is 1. The monoisotopic (exact) mass is 297 g/mol. The summed E-state index contributed by atoms with van der Waals surface area (Å²) in [4.78, 5) is 0. The number of benzene rings is 1. The van der Waals surface area contributed by atoms with E-state index in [0.29, 0.717) is 5.69 Å². The lowest BCUT2D eigenvalue weighted by Gasteiger charge is -2.24. The van der Waals surface area contributed by atoms with Crippen molar-refractivity contribution in [1.29, 1.82) is 0 Å². The van der Waals surface area contributed by atoms with Crippen LogP contribution >= 0.6 is 0 Å². The Bertz CT molecular complexity index is 621. The van der Waals surface area contributed by atoms with Gasteiger partial charge >= 0.3 is 6.36 Å². The maximum Gasteiger partial charge on any atom is 0.573 e. The molecular weight excluding hydrogens is 283 g/mol. The van der Waals surface area contributed by atoms with E-state index in [9.17, 15) is 13.2 Å². The predicted octanol–water partition coefficient (Wildman–Crippen LogP) is 4.67. The maximum atomic E-state index is 12.2. The minimum absolute atomic E-state index is 0.0497. The lowest BCUT2D eigenvalue weighted by molar-refractivity contribution is -0.274. The molecule has 1 unspecified atom stereocenters. The molecule has 0 radical (unpaired) electrons. The molecule has 6 heteroatoms. The van der Waals surface area contributed by atoms with Crippen molar-refractivity contribution in [1.82, 2.24) is 0 Å². The summed E-state index contributed by atoms with van der Waals surface area (Å²) in [6.45, 7) is 0. The molecule has 1 aliphatic carbocycles. The second-order valence-corrected chi connectivity index (χ2v) is 4.96. The first-order valence-electron chi connectivity index (χ1n) is 6.70. The van der Waals surface area contributed by atoms with Gasteiger partial charge in [0.2, 0.25) is 0 Å². The summed E-state index contributed by atoms with van der Waals surface area (Å²) in [5, 5.41) is 3.24. The molecule has 0 saturated carbocycles. The van der Waals surface area contributed by atoms with Crippen molar-refractivity contribution in [3.63, 3.8) is 0 Å². The van der Waals surface area contributed by atoms with Crippen LogP contribution in [0.2, 0.25) is 0 Å². The first-order chi connectivity index (χ1) is 10.0. The number of aryl methyl sites for hydroxylation is 1. The average Bonchev–Trinajstić information content (AvgIpc) is 2.86. The summed E-state index contributed by atoms with van der Waals surface area (Å²) in [6, 6.07) is 7.83. The van der Waals surface area contributed by atoms with E-state index >= 15 is 0 Å². The number of halogens is 3. The van der Waals surface area contributed by atoms with Crippen LogP contribution in [-0.4, -0.2) is 6.36 Å². The van der Waals surface area contributed by atoms with Crippen LogP contribution in [-0.2, 0) is 6.42 Å². The summed E-state index contributed by atoms with van der Waals surface area (Å²) < 4.78 is 46.0. The van der Waals surface area contributed by atoms with Crippen molar-refractivity contribution in [2.45, 2.75) is 31.7 Å². The third-order valence-electron chi connectivity index (χ3n) is 3.46. The third-order valence-corrected chi connectivity index (χ3v) is 3.46. The zero-order valence-electron chi connectivity index (χ0n) is 11.1. The van der Waals surface area contributed by atoms with Gasteiger partial charge in [-0.1, -0.05) is 6.07 Å². The van der Waals surface area contributed by atoms with Crippen molar-refractivity contribution >= 4 is 5.69 Å². The number of rotatable bonds is 3. The summed E-state index contributed by atoms with van der Waals surface area (Å²) in [5.41, 5.74) is 1.67. The minimum atomic E-state index is -4.68. The second-order valence-electron chi connectivity index (χ2n) is 4.96. The minimum Gasteiger partial charge on any atom is -0.469 e. The van der Waals surface area contributed by atoms with E-state index in [4.69, 9.17) is 4.42 Å². The van der Waals surface area contributed by atoms with Crippen molar-refractivity contribution in [3.8, 4) is 5.75 Å². The van der Waals surface area contributed by atoms with E-state index in [0.717, 1.165) is 30.6 Å². The number of hydrogen-bond acceptors (Lipinski definition) is 3. The summed E-state index contributed by atoms with van der Waals surface area (Å²) in [6.07, 6.45) is -0.236. The molecule has 1 aliphatic rings. The van der Waals surface area contributed by atoms with Crippen molar-refractivity contribution in [2.75, 3.05) is 5.32 Å². The maximum absolute atomic E-state index is 12.2. The second kappa shape index (κ2) is 5.35. The zero-order valence-corrected chi connectivity index (χ0v) is 11.1. The molecule has 0 spiro atoms. The first kappa shape index (κ1) is 13.9. The highest BCUT2D eigenvalue weighted by atomic mass is 19.4. The number of ether oxygens (including phenoxy) is 1. The standard InChI is InChI=1S/C15H14F3NO2/c16-15(17,18)21-11-4-1-3-10(9-11)19-13-5-2-6-14-12(13)7-8-20-14/h1,3-4,7-9,13,19H,2,5-6H2. The smallest absolute Gasteiger partial charge is 0.469 e. The normalized spacial score (nSPS) is 18.1. The molecule has 0 saturated heterocycles. The number of hydrogen-bond donors (Lipinski definition) is 1. The Morgan fingerprint density at radius 3 is 2.90 bits per heavy atom. The van der Waals surface area contributed by atoms with Gasteiger partial charge in [-0.2, -0.15) is 0 Å². The Morgan fingerprint density at radius 2 is 2.10 bits per heavy atom. The molecular formula is C15H14F3NO2. The van der Waals surface area contributed by atoms with Crippen LogP contribution in [0.1, 0.15) is 30.2 Å². The van der Waals surface area contributed by atoms with Crippen LogP contribution in [0.15, 0.2) is 41.0 Å². The van der Waals surface area contributed by atoms with Gasteiger partial charge < -0.3 is 14.5 Å². The zero-order chi connectivity index (χ0) is 14.9. The van der Waals surface area contributed by atoms with Crippen LogP contribution in [0.4, 0.5) is 18.9 Å². The van der Waals surface area contributed by atoms with Crippen molar-refractivity contribution in [3.05, 3.63) is 47.9 Å². The van der Waals surface area contributed by atoms with E-state index in [1.165, 1.54) is 18.2 Å². The van der Waals surface area contributed by atoms with Gasteiger partial charge in [-0.3, -0.25) is 0 Å². The van der Waals surface area contributed by atoms with Crippen LogP contribution in [0.3, 0.4) is 0 Å². The molecule has 0 bridgehead atoms. The Hall–Kier alpha value is -2.11. The summed E-state index contributed by atoms with van der Waals surface area (Å²) >= 11 is 0. The van der Waals surface area contributed by atoms with Crippen LogP contribution in [0.5, 0.6) is 5.75 Å². The van der Waals surface area contributed by atoms with Gasteiger partial charge in [0.15, 0.2) is 0 Å². The average molecular weight is 297 g/mol. The molecule has 1 aromatic carbocycles. The topological polar surface area (TPSA) is 34.4 Å². The van der Waals surface area contributed by atoms with E-state index in [2.05, 4.69) is 10.1 Å². The fourth-order valence-electron chi connectivity index (χ4n) is 2.62. The van der Waals surface area contributed by atoms with Gasteiger partial charge in [0, 0.05) is 23.7 Å². The fraction of sp³-hybridized carbons (Fsp3) is 0.333. The number of alkyl halides is 3. The van der Waals surface area contributed by atoms with Gasteiger partial charge in [0.1, 0.15) is 11.5 Å². The third kappa shape index (κ3) is 3.32. The number of furan rings is 1. The summed E-state index contributed by atoms with van der Waals surface area (Å²) in [5.74, 6) is 0.720. The van der Waals surface area contributed by atoms with Crippen LogP contribution < -0.4 is 10.1 Å². The van der Waals surface area contributed by atoms with Gasteiger partial charge in [-0.05, 0) is 31.0 Å². The SMILES string of the molecule is FC(F)(F)Oc1cccc(NC2CCCc3occc32)c1. The van der Waals surface area contributed by atoms with Crippen molar-refractivity contribution < 1.29 is 22.3 Å². The van der Waals surface area contributed by atoms with Crippen LogP contribution in [0, 0.1) is 0 Å². The molecule has 1 N–H and O–H groups in total. The van der Waals surface area contributed by atoms with E-state index < -0.39 is 6.36 Å². The highest BCUT2D eigenvalue weighted by Gasteiger charge is 2.31. The van der Waals surface area contributed by atoms with Gasteiger partial charge in [0.25, 0.3) is 0 Å². The lowest BCUT2D eigenvalue weighted by Crippen LogP contribution is -2.18. The Kier molecular flexibility index (Phi) is 3.53. The van der Waals surface area contributed by atoms with Crippen LogP contribution in [0.25, 0.3) is 0 Å². The largest absolute Gasteiger partial charge is 0.573 e. The molecule has 3 rings (SSSR count). The quantitative estimate of drug-likeness (QED) is 0.894. The molecule has 1 heterocycles. The Morgan fingerprint density at radius 1 is 1.24 bits per heavy atom. The molecule has 1 atom stereocenters. The molecule has 21 heavy (non-hydrogen) atoms. The van der Waals surface area contributed by atoms with Gasteiger partial charge in [-0.15, -0.1) is 13.2 Å². The molecule has 3 nitrogen and oxygen atoms in total.